The van der Waals surface area contributed by atoms with Crippen LogP contribution in [-0.4, -0.2) is 50.9 Å². The number of benzene rings is 3. The molecule has 4 aromatic rings. The molecular weight excluding hydrogens is 515 g/mol. The van der Waals surface area contributed by atoms with E-state index in [0.717, 1.165) is 22.9 Å². The number of aromatic nitrogens is 2. The fourth-order valence-electron chi connectivity index (χ4n) is 3.75. The van der Waals surface area contributed by atoms with Crippen molar-refractivity contribution in [3.05, 3.63) is 87.9 Å². The third-order valence-electron chi connectivity index (χ3n) is 5.47. The second-order valence-corrected chi connectivity index (χ2v) is 8.23. The number of nitrogens with one attached hydrogen (secondary N) is 1. The van der Waals surface area contributed by atoms with Crippen molar-refractivity contribution in [2.24, 2.45) is 0 Å². The number of amides is 1. The molecule has 4 rings (SSSR count). The SMILES string of the molecule is O=C(O)c1ccc(-c2nn(C(=O)c3c(Cl)cccc3C(F)(F)F)c3cc(C(=O)NCCO)ccc23)cc1. The molecule has 0 spiro atoms. The van der Waals surface area contributed by atoms with Gasteiger partial charge in [-0.05, 0) is 42.5 Å². The van der Waals surface area contributed by atoms with Crippen LogP contribution in [0.2, 0.25) is 5.02 Å². The van der Waals surface area contributed by atoms with E-state index in [2.05, 4.69) is 10.4 Å². The highest BCUT2D eigenvalue weighted by Crippen LogP contribution is 2.37. The minimum atomic E-state index is -4.89. The molecule has 3 aromatic carbocycles. The van der Waals surface area contributed by atoms with Crippen LogP contribution in [0.15, 0.2) is 60.7 Å². The Kier molecular flexibility index (Phi) is 7.01. The molecule has 0 aliphatic rings. The molecule has 1 aromatic heterocycles. The van der Waals surface area contributed by atoms with Crippen molar-refractivity contribution in [2.75, 3.05) is 13.2 Å². The number of carbonyl (C=O) groups is 3. The van der Waals surface area contributed by atoms with Gasteiger partial charge in [0.15, 0.2) is 0 Å². The first-order valence-electron chi connectivity index (χ1n) is 10.7. The number of carbonyl (C=O) groups excluding carboxylic acids is 2. The van der Waals surface area contributed by atoms with Crippen molar-refractivity contribution in [3.8, 4) is 11.3 Å². The molecule has 0 aliphatic carbocycles. The highest BCUT2D eigenvalue weighted by molar-refractivity contribution is 6.34. The first-order valence-corrected chi connectivity index (χ1v) is 11.1. The van der Waals surface area contributed by atoms with Crippen molar-refractivity contribution in [3.63, 3.8) is 0 Å². The Balaban J connectivity index is 1.95. The van der Waals surface area contributed by atoms with Gasteiger partial charge in [-0.3, -0.25) is 9.59 Å². The summed E-state index contributed by atoms with van der Waals surface area (Å²) in [5.74, 6) is -2.92. The Bertz CT molecular complexity index is 1530. The van der Waals surface area contributed by atoms with Crippen LogP contribution in [-0.2, 0) is 6.18 Å². The molecule has 0 radical (unpaired) electrons. The Hall–Kier alpha value is -4.22. The molecule has 0 aliphatic heterocycles. The van der Waals surface area contributed by atoms with Gasteiger partial charge in [-0.2, -0.15) is 23.0 Å². The van der Waals surface area contributed by atoms with Crippen molar-refractivity contribution >= 4 is 40.3 Å². The Morgan fingerprint density at radius 2 is 1.68 bits per heavy atom. The van der Waals surface area contributed by atoms with E-state index in [0.29, 0.717) is 10.9 Å². The molecule has 3 N–H and O–H groups in total. The number of aliphatic hydroxyl groups is 1. The molecule has 0 saturated carbocycles. The van der Waals surface area contributed by atoms with Crippen molar-refractivity contribution in [1.29, 1.82) is 0 Å². The van der Waals surface area contributed by atoms with Gasteiger partial charge in [0.25, 0.3) is 11.8 Å². The molecule has 1 amide bonds. The fraction of sp³-hybridized carbons (Fsp3) is 0.120. The van der Waals surface area contributed by atoms with Gasteiger partial charge in [-0.1, -0.05) is 29.8 Å². The second kappa shape index (κ2) is 10.0. The average molecular weight is 532 g/mol. The number of aliphatic hydroxyl groups excluding tert-OH is 1. The summed E-state index contributed by atoms with van der Waals surface area (Å²) < 4.78 is 41.9. The number of fused-ring (bicyclic) bond motifs is 1. The number of aromatic carboxylic acids is 1. The maximum Gasteiger partial charge on any atom is 0.417 e. The number of rotatable bonds is 6. The number of alkyl halides is 3. The van der Waals surface area contributed by atoms with Crippen LogP contribution >= 0.6 is 11.6 Å². The van der Waals surface area contributed by atoms with Gasteiger partial charge in [0.05, 0.1) is 33.8 Å². The normalized spacial score (nSPS) is 11.5. The molecule has 190 valence electrons. The number of hydrogen-bond donors (Lipinski definition) is 3. The van der Waals surface area contributed by atoms with E-state index in [1.165, 1.54) is 42.5 Å². The van der Waals surface area contributed by atoms with E-state index in [9.17, 15) is 27.6 Å². The lowest BCUT2D eigenvalue weighted by atomic mass is 10.0. The summed E-state index contributed by atoms with van der Waals surface area (Å²) in [5, 5.41) is 24.7. The highest BCUT2D eigenvalue weighted by atomic mass is 35.5. The van der Waals surface area contributed by atoms with E-state index < -0.39 is 40.1 Å². The predicted octanol–water partition coefficient (Wildman–Crippen LogP) is 4.48. The highest BCUT2D eigenvalue weighted by Gasteiger charge is 2.37. The lowest BCUT2D eigenvalue weighted by Gasteiger charge is -2.13. The summed E-state index contributed by atoms with van der Waals surface area (Å²) in [7, 11) is 0. The average Bonchev–Trinajstić information content (AvgIpc) is 3.25. The molecule has 0 saturated heterocycles. The maximum absolute atomic E-state index is 13.7. The maximum atomic E-state index is 13.7. The summed E-state index contributed by atoms with van der Waals surface area (Å²) in [4.78, 5) is 37.2. The predicted molar refractivity (Wildman–Crippen MR) is 128 cm³/mol. The van der Waals surface area contributed by atoms with Gasteiger partial charge in [0, 0.05) is 23.1 Å². The zero-order valence-corrected chi connectivity index (χ0v) is 19.5. The van der Waals surface area contributed by atoms with E-state index in [1.807, 2.05) is 0 Å². The first kappa shape index (κ1) is 25.9. The van der Waals surface area contributed by atoms with Gasteiger partial charge >= 0.3 is 12.1 Å². The van der Waals surface area contributed by atoms with Gasteiger partial charge in [0.2, 0.25) is 0 Å². The molecule has 8 nitrogen and oxygen atoms in total. The number of hydrogen-bond acceptors (Lipinski definition) is 5. The lowest BCUT2D eigenvalue weighted by Crippen LogP contribution is -2.26. The van der Waals surface area contributed by atoms with Crippen molar-refractivity contribution in [2.45, 2.75) is 6.18 Å². The Labute approximate surface area is 211 Å². The van der Waals surface area contributed by atoms with E-state index in [-0.39, 0.29) is 35.5 Å². The van der Waals surface area contributed by atoms with E-state index in [4.69, 9.17) is 21.8 Å². The quantitative estimate of drug-likeness (QED) is 0.337. The summed E-state index contributed by atoms with van der Waals surface area (Å²) in [6.07, 6.45) is -4.89. The summed E-state index contributed by atoms with van der Waals surface area (Å²) in [6, 6.07) is 12.6. The van der Waals surface area contributed by atoms with Gasteiger partial charge in [0.1, 0.15) is 5.69 Å². The molecule has 0 fully saturated rings. The summed E-state index contributed by atoms with van der Waals surface area (Å²) in [5.41, 5.74) is -1.43. The Morgan fingerprint density at radius 3 is 2.30 bits per heavy atom. The van der Waals surface area contributed by atoms with E-state index >= 15 is 0 Å². The molecule has 0 atom stereocenters. The van der Waals surface area contributed by atoms with Gasteiger partial charge in [-0.15, -0.1) is 0 Å². The topological polar surface area (TPSA) is 122 Å². The fourth-order valence-corrected chi connectivity index (χ4v) is 4.01. The van der Waals surface area contributed by atoms with Crippen LogP contribution in [0.5, 0.6) is 0 Å². The third kappa shape index (κ3) is 5.04. The van der Waals surface area contributed by atoms with Crippen LogP contribution in [0.1, 0.15) is 36.6 Å². The second-order valence-electron chi connectivity index (χ2n) is 7.82. The summed E-state index contributed by atoms with van der Waals surface area (Å²) in [6.45, 7) is -0.349. The van der Waals surface area contributed by atoms with E-state index in [1.54, 1.807) is 0 Å². The van der Waals surface area contributed by atoms with Crippen molar-refractivity contribution in [1.82, 2.24) is 15.1 Å². The van der Waals surface area contributed by atoms with Crippen LogP contribution in [0.4, 0.5) is 13.2 Å². The van der Waals surface area contributed by atoms with Crippen LogP contribution < -0.4 is 5.32 Å². The van der Waals surface area contributed by atoms with Crippen LogP contribution in [0, 0.1) is 0 Å². The lowest BCUT2D eigenvalue weighted by molar-refractivity contribution is -0.137. The monoisotopic (exact) mass is 531 g/mol. The summed E-state index contributed by atoms with van der Waals surface area (Å²) >= 11 is 6.04. The van der Waals surface area contributed by atoms with Crippen LogP contribution in [0.25, 0.3) is 22.2 Å². The largest absolute Gasteiger partial charge is 0.478 e. The molecule has 37 heavy (non-hydrogen) atoms. The van der Waals surface area contributed by atoms with Crippen molar-refractivity contribution < 1.29 is 37.8 Å². The molecule has 0 unspecified atom stereocenters. The first-order chi connectivity index (χ1) is 17.5. The zero-order chi connectivity index (χ0) is 26.9. The number of nitrogens with zero attached hydrogens (tertiary/aromatic N) is 2. The third-order valence-corrected chi connectivity index (χ3v) is 5.79. The minimum absolute atomic E-state index is 0.00251. The number of carboxylic acid groups (broad SMARTS) is 1. The molecular formula is C25H17ClF3N3O5. The number of halogens is 4. The molecule has 0 bridgehead atoms. The smallest absolute Gasteiger partial charge is 0.417 e. The molecule has 1 heterocycles. The standard InChI is InChI=1S/C25H17ClF3N3O5/c26-18-3-1-2-17(25(27,28)29)20(18)23(35)32-19-12-15(22(34)30-10-11-33)8-9-16(19)21(31-32)13-4-6-14(7-5-13)24(36)37/h1-9,12,33H,10-11H2,(H,30,34)(H,36,37). The number of carboxylic acids is 1. The Morgan fingerprint density at radius 1 is 1.00 bits per heavy atom. The van der Waals surface area contributed by atoms with Gasteiger partial charge in [-0.25, -0.2) is 4.79 Å². The van der Waals surface area contributed by atoms with Gasteiger partial charge < -0.3 is 15.5 Å². The molecule has 12 heteroatoms. The van der Waals surface area contributed by atoms with Crippen LogP contribution in [0.3, 0.4) is 0 Å². The zero-order valence-electron chi connectivity index (χ0n) is 18.7. The minimum Gasteiger partial charge on any atom is -0.478 e.